The molecule has 0 saturated heterocycles. The number of hydrogen-bond donors (Lipinski definition) is 0. The second kappa shape index (κ2) is 4.75. The molecule has 0 bridgehead atoms. The lowest BCUT2D eigenvalue weighted by Crippen LogP contribution is -2.07. The zero-order chi connectivity index (χ0) is 11.4. The smallest absolute Gasteiger partial charge is 0.356 e. The van der Waals surface area contributed by atoms with Gasteiger partial charge < -0.3 is 4.74 Å². The van der Waals surface area contributed by atoms with Crippen LogP contribution in [0.4, 0.5) is 0 Å². The van der Waals surface area contributed by atoms with E-state index in [0.29, 0.717) is 12.3 Å². The highest BCUT2D eigenvalue weighted by atomic mass is 16.5. The van der Waals surface area contributed by atoms with Gasteiger partial charge in [-0.15, -0.1) is 0 Å². The van der Waals surface area contributed by atoms with Crippen LogP contribution < -0.4 is 0 Å². The Morgan fingerprint density at radius 1 is 1.31 bits per heavy atom. The summed E-state index contributed by atoms with van der Waals surface area (Å²) in [5.74, 6) is -0.354. The summed E-state index contributed by atoms with van der Waals surface area (Å²) in [5.41, 5.74) is 0.368. The van der Waals surface area contributed by atoms with Gasteiger partial charge in [0.25, 0.3) is 0 Å². The van der Waals surface area contributed by atoms with E-state index >= 15 is 0 Å². The topological polar surface area (TPSA) is 39.2 Å². The molecule has 0 aliphatic heterocycles. The van der Waals surface area contributed by atoms with Gasteiger partial charge in [0.15, 0.2) is 0 Å². The third kappa shape index (κ3) is 2.19. The largest absolute Gasteiger partial charge is 0.461 e. The molecule has 0 fully saturated rings. The Morgan fingerprint density at radius 3 is 2.81 bits per heavy atom. The Balaban J connectivity index is 2.28. The van der Waals surface area contributed by atoms with Crippen LogP contribution in [-0.2, 0) is 4.74 Å². The molecule has 16 heavy (non-hydrogen) atoms. The summed E-state index contributed by atoms with van der Waals surface area (Å²) in [4.78, 5) is 15.6. The van der Waals surface area contributed by atoms with E-state index < -0.39 is 0 Å². The average molecular weight is 215 g/mol. The van der Waals surface area contributed by atoms with Gasteiger partial charge in [-0.3, -0.25) is 0 Å². The molecule has 0 atom stereocenters. The molecule has 1 heterocycles. The number of hydrogen-bond acceptors (Lipinski definition) is 3. The van der Waals surface area contributed by atoms with Gasteiger partial charge in [-0.2, -0.15) is 0 Å². The minimum Gasteiger partial charge on any atom is -0.461 e. The molecular weight excluding hydrogens is 202 g/mol. The molecule has 0 unspecified atom stereocenters. The Labute approximate surface area is 94.1 Å². The summed E-state index contributed by atoms with van der Waals surface area (Å²) in [7, 11) is 0. The SMILES string of the molecule is CCCOC(=O)c1cc2ccccc2cn1. The molecule has 0 spiro atoms. The monoisotopic (exact) mass is 215 g/mol. The van der Waals surface area contributed by atoms with Crippen molar-refractivity contribution in [1.82, 2.24) is 4.98 Å². The highest BCUT2D eigenvalue weighted by molar-refractivity contribution is 5.92. The number of carbonyl (C=O) groups is 1. The van der Waals surface area contributed by atoms with Crippen molar-refractivity contribution >= 4 is 16.7 Å². The molecule has 3 nitrogen and oxygen atoms in total. The molecule has 1 aromatic heterocycles. The number of esters is 1. The fourth-order valence-corrected chi connectivity index (χ4v) is 1.46. The highest BCUT2D eigenvalue weighted by Gasteiger charge is 2.08. The van der Waals surface area contributed by atoms with Crippen molar-refractivity contribution in [2.75, 3.05) is 6.61 Å². The molecule has 3 heteroatoms. The normalized spacial score (nSPS) is 10.3. The van der Waals surface area contributed by atoms with E-state index in [1.165, 1.54) is 0 Å². The third-order valence-corrected chi connectivity index (χ3v) is 2.28. The number of nitrogens with zero attached hydrogens (tertiary/aromatic N) is 1. The number of pyridine rings is 1. The predicted molar refractivity (Wildman–Crippen MR) is 62.3 cm³/mol. The lowest BCUT2D eigenvalue weighted by Gasteiger charge is -2.03. The third-order valence-electron chi connectivity index (χ3n) is 2.28. The molecule has 1 aromatic carbocycles. The van der Waals surface area contributed by atoms with Crippen molar-refractivity contribution in [1.29, 1.82) is 0 Å². The van der Waals surface area contributed by atoms with E-state index in [2.05, 4.69) is 4.98 Å². The van der Waals surface area contributed by atoms with Gasteiger partial charge in [0, 0.05) is 11.6 Å². The van der Waals surface area contributed by atoms with Gasteiger partial charge in [0.2, 0.25) is 0 Å². The van der Waals surface area contributed by atoms with Gasteiger partial charge in [-0.25, -0.2) is 9.78 Å². The van der Waals surface area contributed by atoms with Crippen LogP contribution >= 0.6 is 0 Å². The summed E-state index contributed by atoms with van der Waals surface area (Å²) in [6.45, 7) is 2.40. The van der Waals surface area contributed by atoms with Crippen molar-refractivity contribution in [3.63, 3.8) is 0 Å². The molecule has 0 aliphatic carbocycles. The van der Waals surface area contributed by atoms with Crippen LogP contribution in [0, 0.1) is 0 Å². The van der Waals surface area contributed by atoms with E-state index in [1.54, 1.807) is 12.3 Å². The standard InChI is InChI=1S/C13H13NO2/c1-2-7-16-13(15)12-8-10-5-3-4-6-11(10)9-14-12/h3-6,8-9H,2,7H2,1H3. The lowest BCUT2D eigenvalue weighted by molar-refractivity contribution is 0.0498. The highest BCUT2D eigenvalue weighted by Crippen LogP contribution is 2.13. The minimum atomic E-state index is -0.354. The molecule has 82 valence electrons. The predicted octanol–water partition coefficient (Wildman–Crippen LogP) is 2.80. The molecule has 0 amide bonds. The molecule has 0 N–H and O–H groups in total. The fraction of sp³-hybridized carbons (Fsp3) is 0.231. The van der Waals surface area contributed by atoms with E-state index in [-0.39, 0.29) is 5.97 Å². The van der Waals surface area contributed by atoms with E-state index in [9.17, 15) is 4.79 Å². The average Bonchev–Trinajstić information content (AvgIpc) is 2.35. The van der Waals surface area contributed by atoms with Crippen LogP contribution in [0.25, 0.3) is 10.8 Å². The van der Waals surface area contributed by atoms with Gasteiger partial charge in [-0.1, -0.05) is 31.2 Å². The fourth-order valence-electron chi connectivity index (χ4n) is 1.46. The first-order valence-corrected chi connectivity index (χ1v) is 5.33. The first-order valence-electron chi connectivity index (χ1n) is 5.33. The van der Waals surface area contributed by atoms with Gasteiger partial charge >= 0.3 is 5.97 Å². The molecule has 2 rings (SSSR count). The first kappa shape index (κ1) is 10.6. The summed E-state index contributed by atoms with van der Waals surface area (Å²) < 4.78 is 5.02. The summed E-state index contributed by atoms with van der Waals surface area (Å²) in [6.07, 6.45) is 2.51. The van der Waals surface area contributed by atoms with Crippen LogP contribution in [0.5, 0.6) is 0 Å². The van der Waals surface area contributed by atoms with E-state index in [1.807, 2.05) is 31.2 Å². The second-order valence-electron chi connectivity index (χ2n) is 3.55. The maximum Gasteiger partial charge on any atom is 0.356 e. The lowest BCUT2D eigenvalue weighted by atomic mass is 10.1. The quantitative estimate of drug-likeness (QED) is 0.739. The maximum absolute atomic E-state index is 11.6. The number of aromatic nitrogens is 1. The van der Waals surface area contributed by atoms with E-state index in [4.69, 9.17) is 4.74 Å². The summed E-state index contributed by atoms with van der Waals surface area (Å²) >= 11 is 0. The Morgan fingerprint density at radius 2 is 2.06 bits per heavy atom. The summed E-state index contributed by atoms with van der Waals surface area (Å²) in [5, 5.41) is 2.02. The number of ether oxygens (including phenoxy) is 1. The maximum atomic E-state index is 11.6. The van der Waals surface area contributed by atoms with Crippen molar-refractivity contribution < 1.29 is 9.53 Å². The number of rotatable bonds is 3. The van der Waals surface area contributed by atoms with Gasteiger partial charge in [0.05, 0.1) is 6.61 Å². The van der Waals surface area contributed by atoms with Crippen molar-refractivity contribution in [3.8, 4) is 0 Å². The van der Waals surface area contributed by atoms with Gasteiger partial charge in [0.1, 0.15) is 5.69 Å². The van der Waals surface area contributed by atoms with Gasteiger partial charge in [-0.05, 0) is 17.9 Å². The van der Waals surface area contributed by atoms with Crippen LogP contribution in [0.3, 0.4) is 0 Å². The molecular formula is C13H13NO2. The molecule has 0 saturated carbocycles. The Bertz CT molecular complexity index is 508. The van der Waals surface area contributed by atoms with E-state index in [0.717, 1.165) is 17.2 Å². The van der Waals surface area contributed by atoms with Crippen molar-refractivity contribution in [2.24, 2.45) is 0 Å². The Hall–Kier alpha value is -1.90. The Kier molecular flexibility index (Phi) is 3.15. The van der Waals surface area contributed by atoms with Crippen LogP contribution in [0.2, 0.25) is 0 Å². The van der Waals surface area contributed by atoms with Crippen LogP contribution in [-0.4, -0.2) is 17.6 Å². The van der Waals surface area contributed by atoms with Crippen molar-refractivity contribution in [2.45, 2.75) is 13.3 Å². The van der Waals surface area contributed by atoms with Crippen molar-refractivity contribution in [3.05, 3.63) is 42.2 Å². The molecule has 2 aromatic rings. The molecule has 0 radical (unpaired) electrons. The zero-order valence-electron chi connectivity index (χ0n) is 9.14. The summed E-state index contributed by atoms with van der Waals surface area (Å²) in [6, 6.07) is 9.55. The van der Waals surface area contributed by atoms with Crippen LogP contribution in [0.15, 0.2) is 36.5 Å². The second-order valence-corrected chi connectivity index (χ2v) is 3.55. The number of carbonyl (C=O) groups excluding carboxylic acids is 1. The zero-order valence-corrected chi connectivity index (χ0v) is 9.14. The minimum absolute atomic E-state index is 0.354. The number of fused-ring (bicyclic) bond motifs is 1. The van der Waals surface area contributed by atoms with Crippen LogP contribution in [0.1, 0.15) is 23.8 Å². The number of benzene rings is 1. The first-order chi connectivity index (χ1) is 7.81. The molecule has 0 aliphatic rings.